The summed E-state index contributed by atoms with van der Waals surface area (Å²) < 4.78 is 11.2. The number of phenolic OH excluding ortho intramolecular Hbond substituents is 1. The van der Waals surface area contributed by atoms with E-state index in [0.29, 0.717) is 12.4 Å². The predicted octanol–water partition coefficient (Wildman–Crippen LogP) is 7.83. The Hall–Kier alpha value is -1.91. The first-order valence-electron chi connectivity index (χ1n) is 12.4. The third-order valence-electron chi connectivity index (χ3n) is 5.73. The number of hydrogen-bond donors (Lipinski definition) is 2. The number of benzene rings is 1. The first kappa shape index (κ1) is 27.1. The zero-order valence-electron chi connectivity index (χ0n) is 20.2. The average Bonchev–Trinajstić information content (AvgIpc) is 2.74. The van der Waals surface area contributed by atoms with Crippen molar-refractivity contribution in [3.05, 3.63) is 16.7 Å². The summed E-state index contributed by atoms with van der Waals surface area (Å²) in [6.45, 7) is 9.08. The number of unbranched alkanes of at least 4 members (excludes halogenated alkanes) is 7. The van der Waals surface area contributed by atoms with Gasteiger partial charge in [0, 0.05) is 11.1 Å². The number of ether oxygens (including phenoxy) is 2. The summed E-state index contributed by atoms with van der Waals surface area (Å²) in [6.07, 6.45) is 12.5. The Balaban J connectivity index is 3.58. The molecule has 0 radical (unpaired) electrons. The van der Waals surface area contributed by atoms with Gasteiger partial charge in [-0.05, 0) is 50.5 Å². The summed E-state index contributed by atoms with van der Waals surface area (Å²) in [5.41, 5.74) is 3.05. The third-order valence-corrected chi connectivity index (χ3v) is 5.73. The fraction of sp³-hybridized carbons (Fsp3) is 0.731. The molecule has 0 aliphatic carbocycles. The van der Waals surface area contributed by atoms with Crippen LogP contribution in [-0.2, 0) is 19.3 Å². The molecule has 2 N–H and O–H groups in total. The predicted molar refractivity (Wildman–Crippen MR) is 127 cm³/mol. The van der Waals surface area contributed by atoms with Crippen LogP contribution in [0.2, 0.25) is 0 Å². The molecule has 0 aliphatic heterocycles. The zero-order valence-corrected chi connectivity index (χ0v) is 20.2. The molecule has 31 heavy (non-hydrogen) atoms. The standard InChI is InChI=1S/C26H44O5/c1-5-9-13-16-20-21(17-14-10-6-2)23(27)25(31-26(28)29)24(30-19-12-8-4)22(20)18-15-11-7-3/h27H,5-19H2,1-4H3,(H,28,29). The number of rotatable bonds is 17. The van der Waals surface area contributed by atoms with Gasteiger partial charge in [-0.1, -0.05) is 72.6 Å². The maximum absolute atomic E-state index is 11.5. The summed E-state index contributed by atoms with van der Waals surface area (Å²) in [6, 6.07) is 0. The topological polar surface area (TPSA) is 76.0 Å². The van der Waals surface area contributed by atoms with E-state index in [4.69, 9.17) is 9.47 Å². The average molecular weight is 437 g/mol. The first-order chi connectivity index (χ1) is 15.0. The van der Waals surface area contributed by atoms with E-state index in [9.17, 15) is 15.0 Å². The SMILES string of the molecule is CCCCCc1c(O)c(OC(=O)O)c(OCCCC)c(CCCCC)c1CCCCC. The largest absolute Gasteiger partial charge is 0.511 e. The van der Waals surface area contributed by atoms with Gasteiger partial charge in [0.1, 0.15) is 0 Å². The summed E-state index contributed by atoms with van der Waals surface area (Å²) in [7, 11) is 0. The van der Waals surface area contributed by atoms with Gasteiger partial charge < -0.3 is 19.7 Å². The van der Waals surface area contributed by atoms with Crippen molar-refractivity contribution in [1.29, 1.82) is 0 Å². The number of phenols is 1. The van der Waals surface area contributed by atoms with Crippen molar-refractivity contribution in [3.63, 3.8) is 0 Å². The number of hydrogen-bond acceptors (Lipinski definition) is 4. The van der Waals surface area contributed by atoms with Gasteiger partial charge in [-0.25, -0.2) is 4.79 Å². The second-order valence-electron chi connectivity index (χ2n) is 8.38. The van der Waals surface area contributed by atoms with Gasteiger partial charge >= 0.3 is 6.16 Å². The van der Waals surface area contributed by atoms with Crippen molar-refractivity contribution in [3.8, 4) is 17.2 Å². The summed E-state index contributed by atoms with van der Waals surface area (Å²) in [5.74, 6) is 0.381. The molecule has 0 heterocycles. The molecule has 0 aliphatic rings. The van der Waals surface area contributed by atoms with Gasteiger partial charge in [0.25, 0.3) is 0 Å². The van der Waals surface area contributed by atoms with Crippen LogP contribution < -0.4 is 9.47 Å². The molecule has 0 bridgehead atoms. The second-order valence-corrected chi connectivity index (χ2v) is 8.38. The van der Waals surface area contributed by atoms with Gasteiger partial charge in [0.15, 0.2) is 11.5 Å². The van der Waals surface area contributed by atoms with Gasteiger partial charge in [-0.15, -0.1) is 0 Å². The Kier molecular flexibility index (Phi) is 13.8. The van der Waals surface area contributed by atoms with Crippen LogP contribution >= 0.6 is 0 Å². The van der Waals surface area contributed by atoms with Crippen molar-refractivity contribution in [2.75, 3.05) is 6.61 Å². The van der Waals surface area contributed by atoms with Crippen LogP contribution in [0.3, 0.4) is 0 Å². The molecule has 0 saturated heterocycles. The third kappa shape index (κ3) is 9.00. The van der Waals surface area contributed by atoms with Crippen molar-refractivity contribution in [1.82, 2.24) is 0 Å². The maximum atomic E-state index is 11.5. The molecule has 0 aromatic heterocycles. The monoisotopic (exact) mass is 436 g/mol. The van der Waals surface area contributed by atoms with E-state index in [1.54, 1.807) is 0 Å². The second kappa shape index (κ2) is 15.8. The molecule has 1 aromatic rings. The van der Waals surface area contributed by atoms with Crippen LogP contribution in [0.5, 0.6) is 17.2 Å². The maximum Gasteiger partial charge on any atom is 0.511 e. The molecule has 0 spiro atoms. The molecule has 0 amide bonds. The van der Waals surface area contributed by atoms with E-state index in [2.05, 4.69) is 27.7 Å². The molecule has 1 rings (SSSR count). The van der Waals surface area contributed by atoms with Gasteiger partial charge in [0.2, 0.25) is 5.75 Å². The lowest BCUT2D eigenvalue weighted by Crippen LogP contribution is -2.12. The Morgan fingerprint density at radius 2 is 1.16 bits per heavy atom. The highest BCUT2D eigenvalue weighted by Crippen LogP contribution is 2.47. The van der Waals surface area contributed by atoms with Gasteiger partial charge in [-0.2, -0.15) is 0 Å². The number of carbonyl (C=O) groups is 1. The van der Waals surface area contributed by atoms with Gasteiger partial charge in [-0.3, -0.25) is 0 Å². The number of aromatic hydroxyl groups is 1. The van der Waals surface area contributed by atoms with Crippen LogP contribution in [0.4, 0.5) is 4.79 Å². The van der Waals surface area contributed by atoms with Crippen LogP contribution in [0.1, 0.15) is 115 Å². The molecule has 0 unspecified atom stereocenters. The Morgan fingerprint density at radius 1 is 0.677 bits per heavy atom. The molecule has 1 aromatic carbocycles. The minimum atomic E-state index is -1.42. The Bertz CT molecular complexity index is 654. The highest BCUT2D eigenvalue weighted by Gasteiger charge is 2.27. The van der Waals surface area contributed by atoms with Crippen LogP contribution in [0.15, 0.2) is 0 Å². The van der Waals surface area contributed by atoms with E-state index in [-0.39, 0.29) is 11.5 Å². The lowest BCUT2D eigenvalue weighted by atomic mass is 9.88. The van der Waals surface area contributed by atoms with E-state index < -0.39 is 6.16 Å². The van der Waals surface area contributed by atoms with Crippen LogP contribution in [-0.4, -0.2) is 23.0 Å². The molecule has 0 fully saturated rings. The van der Waals surface area contributed by atoms with E-state index in [0.717, 1.165) is 107 Å². The van der Waals surface area contributed by atoms with Crippen molar-refractivity contribution < 1.29 is 24.5 Å². The van der Waals surface area contributed by atoms with Crippen molar-refractivity contribution in [2.45, 2.75) is 118 Å². The quantitative estimate of drug-likeness (QED) is 0.148. The molecular weight excluding hydrogens is 392 g/mol. The smallest absolute Gasteiger partial charge is 0.504 e. The zero-order chi connectivity index (χ0) is 23.1. The Labute approximate surface area is 189 Å². The molecule has 5 nitrogen and oxygen atoms in total. The molecule has 0 atom stereocenters. The fourth-order valence-electron chi connectivity index (χ4n) is 3.99. The molecular formula is C26H44O5. The molecule has 5 heteroatoms. The summed E-state index contributed by atoms with van der Waals surface area (Å²) in [5, 5.41) is 20.5. The summed E-state index contributed by atoms with van der Waals surface area (Å²) >= 11 is 0. The van der Waals surface area contributed by atoms with E-state index >= 15 is 0 Å². The van der Waals surface area contributed by atoms with Crippen molar-refractivity contribution >= 4 is 6.16 Å². The molecule has 0 saturated carbocycles. The Morgan fingerprint density at radius 3 is 1.65 bits per heavy atom. The normalized spacial score (nSPS) is 11.0. The highest BCUT2D eigenvalue weighted by atomic mass is 16.7. The lowest BCUT2D eigenvalue weighted by Gasteiger charge is -2.24. The molecule has 178 valence electrons. The first-order valence-corrected chi connectivity index (χ1v) is 12.4. The van der Waals surface area contributed by atoms with E-state index in [1.807, 2.05) is 0 Å². The van der Waals surface area contributed by atoms with Crippen LogP contribution in [0.25, 0.3) is 0 Å². The minimum Gasteiger partial charge on any atom is -0.504 e. The summed E-state index contributed by atoms with van der Waals surface area (Å²) in [4.78, 5) is 11.5. The fourth-order valence-corrected chi connectivity index (χ4v) is 3.99. The lowest BCUT2D eigenvalue weighted by molar-refractivity contribution is 0.140. The highest BCUT2D eigenvalue weighted by molar-refractivity contribution is 5.70. The minimum absolute atomic E-state index is 0.0131. The van der Waals surface area contributed by atoms with Crippen LogP contribution in [0, 0.1) is 0 Å². The number of carboxylic acid groups (broad SMARTS) is 1. The van der Waals surface area contributed by atoms with E-state index in [1.165, 1.54) is 0 Å². The van der Waals surface area contributed by atoms with Gasteiger partial charge in [0.05, 0.1) is 6.61 Å². The van der Waals surface area contributed by atoms with Crippen molar-refractivity contribution in [2.24, 2.45) is 0 Å².